The number of hydrogen-bond donors (Lipinski definition) is 2. The molecule has 0 bridgehead atoms. The lowest BCUT2D eigenvalue weighted by molar-refractivity contribution is -0.178. The fraction of sp³-hybridized carbons (Fsp3) is 0.478. The van der Waals surface area contributed by atoms with Crippen LogP contribution in [0.5, 0.6) is 5.75 Å². The van der Waals surface area contributed by atoms with Gasteiger partial charge >= 0.3 is 0 Å². The van der Waals surface area contributed by atoms with Crippen molar-refractivity contribution >= 4 is 11.6 Å². The number of aromatic nitrogens is 2. The van der Waals surface area contributed by atoms with Gasteiger partial charge in [0.25, 0.3) is 5.91 Å². The number of nitrogens with one attached hydrogen (secondary N) is 1. The lowest BCUT2D eigenvalue weighted by atomic mass is 10.0. The Labute approximate surface area is 190 Å². The molecule has 0 saturated carbocycles. The fourth-order valence-electron chi connectivity index (χ4n) is 4.08. The number of nitrogens with zero attached hydrogens (tertiary/aromatic N) is 3. The Morgan fingerprint density at radius 1 is 1.18 bits per heavy atom. The first-order valence-corrected chi connectivity index (χ1v) is 11.0. The summed E-state index contributed by atoms with van der Waals surface area (Å²) in [6, 6.07) is 7.58. The number of benzene rings is 1. The van der Waals surface area contributed by atoms with E-state index in [9.17, 15) is 4.79 Å². The van der Waals surface area contributed by atoms with Crippen molar-refractivity contribution in [1.82, 2.24) is 15.3 Å². The van der Waals surface area contributed by atoms with Gasteiger partial charge < -0.3 is 29.5 Å². The van der Waals surface area contributed by atoms with Gasteiger partial charge in [0.05, 0.1) is 32.1 Å². The Morgan fingerprint density at radius 3 is 2.91 bits per heavy atom. The number of oxime groups is 1. The smallest absolute Gasteiger partial charge is 0.270 e. The Kier molecular flexibility index (Phi) is 6.21. The summed E-state index contributed by atoms with van der Waals surface area (Å²) in [5.41, 5.74) is 3.63. The van der Waals surface area contributed by atoms with E-state index in [2.05, 4.69) is 26.5 Å². The maximum absolute atomic E-state index is 12.8. The van der Waals surface area contributed by atoms with Crippen LogP contribution < -0.4 is 10.1 Å². The second-order valence-corrected chi connectivity index (χ2v) is 8.30. The molecule has 4 heterocycles. The Hall–Kier alpha value is -3.08. The van der Waals surface area contributed by atoms with Crippen LogP contribution in [-0.4, -0.2) is 71.4 Å². The van der Waals surface area contributed by atoms with Crippen LogP contribution in [-0.2, 0) is 27.3 Å². The van der Waals surface area contributed by atoms with E-state index < -0.39 is 0 Å². The average molecular weight is 454 g/mol. The van der Waals surface area contributed by atoms with Crippen LogP contribution in [0, 0.1) is 6.92 Å². The first-order chi connectivity index (χ1) is 16.1. The average Bonchev–Trinajstić information content (AvgIpc) is 3.52. The van der Waals surface area contributed by atoms with Gasteiger partial charge in [-0.25, -0.2) is 9.97 Å². The Balaban J connectivity index is 1.21. The predicted molar refractivity (Wildman–Crippen MR) is 116 cm³/mol. The van der Waals surface area contributed by atoms with Gasteiger partial charge in [-0.05, 0) is 30.2 Å². The largest absolute Gasteiger partial charge is 0.493 e. The van der Waals surface area contributed by atoms with Crippen molar-refractivity contribution in [1.29, 1.82) is 0 Å². The molecule has 0 radical (unpaired) electrons. The number of carbonyl (C=O) groups is 1. The number of amides is 1. The highest BCUT2D eigenvalue weighted by Gasteiger charge is 2.35. The third-order valence-corrected chi connectivity index (χ3v) is 5.88. The van der Waals surface area contributed by atoms with E-state index in [1.165, 1.54) is 0 Å². The molecule has 3 aliphatic rings. The number of ether oxygens (including phenoxy) is 3. The van der Waals surface area contributed by atoms with Crippen LogP contribution in [0.2, 0.25) is 0 Å². The Bertz CT molecular complexity index is 1070. The number of aliphatic hydroxyl groups excluding tert-OH is 1. The summed E-state index contributed by atoms with van der Waals surface area (Å²) < 4.78 is 16.8. The molecule has 1 aromatic carbocycles. The summed E-state index contributed by atoms with van der Waals surface area (Å²) in [5.74, 6) is 1.10. The van der Waals surface area contributed by atoms with Gasteiger partial charge in [0.15, 0.2) is 6.10 Å². The van der Waals surface area contributed by atoms with Crippen LogP contribution in [0.4, 0.5) is 0 Å². The SMILES string of the molecule is Cc1nc(C(=O)NCc2ccc3c(c2)CCO3)cc(C2=NO[C@H](C3CO[C@H](CO)CO3)C2)n1. The molecule has 10 heteroatoms. The van der Waals surface area contributed by atoms with Crippen molar-refractivity contribution in [2.24, 2.45) is 5.16 Å². The molecule has 2 aromatic rings. The highest BCUT2D eigenvalue weighted by atomic mass is 16.7. The predicted octanol–water partition coefficient (Wildman–Crippen LogP) is 0.919. The maximum atomic E-state index is 12.8. The molecule has 1 unspecified atom stereocenters. The summed E-state index contributed by atoms with van der Waals surface area (Å²) in [5, 5.41) is 16.3. The van der Waals surface area contributed by atoms with Gasteiger partial charge in [-0.15, -0.1) is 0 Å². The number of fused-ring (bicyclic) bond motifs is 1. The van der Waals surface area contributed by atoms with Gasteiger partial charge in [-0.2, -0.15) is 0 Å². The molecule has 0 aliphatic carbocycles. The molecule has 3 aliphatic heterocycles. The zero-order chi connectivity index (χ0) is 22.8. The molecule has 2 N–H and O–H groups in total. The Morgan fingerprint density at radius 2 is 2.09 bits per heavy atom. The number of aryl methyl sites for hydroxylation is 1. The van der Waals surface area contributed by atoms with Gasteiger partial charge in [-0.3, -0.25) is 4.79 Å². The van der Waals surface area contributed by atoms with Crippen molar-refractivity contribution in [3.63, 3.8) is 0 Å². The first kappa shape index (κ1) is 21.7. The summed E-state index contributed by atoms with van der Waals surface area (Å²) in [7, 11) is 0. The molecular formula is C23H26N4O6. The summed E-state index contributed by atoms with van der Waals surface area (Å²) >= 11 is 0. The molecular weight excluding hydrogens is 428 g/mol. The minimum atomic E-state index is -0.309. The molecule has 1 fully saturated rings. The maximum Gasteiger partial charge on any atom is 0.270 e. The van der Waals surface area contributed by atoms with E-state index in [4.69, 9.17) is 24.2 Å². The van der Waals surface area contributed by atoms with E-state index in [0.29, 0.717) is 50.0 Å². The van der Waals surface area contributed by atoms with E-state index in [1.807, 2.05) is 12.1 Å². The highest BCUT2D eigenvalue weighted by Crippen LogP contribution is 2.26. The molecule has 0 spiro atoms. The van der Waals surface area contributed by atoms with Crippen LogP contribution in [0.3, 0.4) is 0 Å². The number of rotatable bonds is 6. The first-order valence-electron chi connectivity index (χ1n) is 11.0. The second-order valence-electron chi connectivity index (χ2n) is 8.30. The fourth-order valence-corrected chi connectivity index (χ4v) is 4.08. The van der Waals surface area contributed by atoms with Crippen LogP contribution in [0.15, 0.2) is 29.4 Å². The van der Waals surface area contributed by atoms with E-state index in [-0.39, 0.29) is 36.5 Å². The normalized spacial score (nSPS) is 23.9. The summed E-state index contributed by atoms with van der Waals surface area (Å²) in [6.45, 7) is 3.39. The topological polar surface area (TPSA) is 124 Å². The standard InChI is InChI=1S/C23H26N4O6/c1-13-25-17(18-8-21(33-27-18)22-12-31-16(10-28)11-32-22)7-19(26-13)23(29)24-9-14-2-3-20-15(6-14)4-5-30-20/h2-3,6-7,16,21-22,28H,4-5,8-12H2,1H3,(H,24,29)/t16-,21+,22?/m1/s1. The number of hydrogen-bond acceptors (Lipinski definition) is 9. The second kappa shape index (κ2) is 9.42. The van der Waals surface area contributed by atoms with Crippen molar-refractivity contribution < 1.29 is 28.9 Å². The van der Waals surface area contributed by atoms with E-state index in [1.54, 1.807) is 13.0 Å². The number of carbonyl (C=O) groups excluding carboxylic acids is 1. The molecule has 33 heavy (non-hydrogen) atoms. The zero-order valence-corrected chi connectivity index (χ0v) is 18.3. The van der Waals surface area contributed by atoms with Gasteiger partial charge in [0.2, 0.25) is 0 Å². The molecule has 1 amide bonds. The van der Waals surface area contributed by atoms with Gasteiger partial charge in [-0.1, -0.05) is 17.3 Å². The lowest BCUT2D eigenvalue weighted by Gasteiger charge is -2.30. The van der Waals surface area contributed by atoms with Crippen LogP contribution >= 0.6 is 0 Å². The van der Waals surface area contributed by atoms with Gasteiger partial charge in [0, 0.05) is 19.4 Å². The molecule has 3 atom stereocenters. The van der Waals surface area contributed by atoms with E-state index in [0.717, 1.165) is 23.3 Å². The van der Waals surface area contributed by atoms with Crippen molar-refractivity contribution in [2.75, 3.05) is 26.4 Å². The minimum absolute atomic E-state index is 0.0774. The van der Waals surface area contributed by atoms with Gasteiger partial charge in [0.1, 0.15) is 35.2 Å². The lowest BCUT2D eigenvalue weighted by Crippen LogP contribution is -2.43. The van der Waals surface area contributed by atoms with E-state index >= 15 is 0 Å². The third kappa shape index (κ3) is 4.82. The summed E-state index contributed by atoms with van der Waals surface area (Å²) in [4.78, 5) is 27.1. The molecule has 174 valence electrons. The number of aliphatic hydroxyl groups is 1. The quantitative estimate of drug-likeness (QED) is 0.660. The van der Waals surface area contributed by atoms with Crippen molar-refractivity contribution in [3.8, 4) is 5.75 Å². The summed E-state index contributed by atoms with van der Waals surface area (Å²) in [6.07, 6.45) is 0.468. The third-order valence-electron chi connectivity index (χ3n) is 5.88. The highest BCUT2D eigenvalue weighted by molar-refractivity contribution is 6.02. The molecule has 1 aromatic heterocycles. The van der Waals surface area contributed by atoms with Crippen molar-refractivity contribution in [2.45, 2.75) is 44.6 Å². The molecule has 10 nitrogen and oxygen atoms in total. The zero-order valence-electron chi connectivity index (χ0n) is 18.3. The molecule has 1 saturated heterocycles. The minimum Gasteiger partial charge on any atom is -0.493 e. The monoisotopic (exact) mass is 454 g/mol. The van der Waals surface area contributed by atoms with Crippen LogP contribution in [0.1, 0.15) is 39.6 Å². The van der Waals surface area contributed by atoms with Crippen molar-refractivity contribution in [3.05, 3.63) is 52.6 Å². The molecule has 5 rings (SSSR count). The van der Waals surface area contributed by atoms with Crippen LogP contribution in [0.25, 0.3) is 0 Å².